The zero-order valence-corrected chi connectivity index (χ0v) is 19.6. The Labute approximate surface area is 192 Å². The first-order valence-electron chi connectivity index (χ1n) is 10.5. The molecule has 10 heteroatoms. The van der Waals surface area contributed by atoms with E-state index in [-0.39, 0.29) is 12.4 Å². The van der Waals surface area contributed by atoms with Gasteiger partial charge in [0.15, 0.2) is 18.3 Å². The lowest BCUT2D eigenvalue weighted by Gasteiger charge is -2.44. The summed E-state index contributed by atoms with van der Waals surface area (Å²) in [5, 5.41) is 0. The molecule has 0 N–H and O–H groups in total. The Morgan fingerprint density at radius 3 is 2.00 bits per heavy atom. The van der Waals surface area contributed by atoms with E-state index in [2.05, 4.69) is 0 Å². The van der Waals surface area contributed by atoms with Gasteiger partial charge in [0.25, 0.3) is 0 Å². The summed E-state index contributed by atoms with van der Waals surface area (Å²) in [5.41, 5.74) is 1.32. The highest BCUT2D eigenvalue weighted by Gasteiger charge is 2.51. The molecule has 1 aliphatic heterocycles. The van der Waals surface area contributed by atoms with Crippen molar-refractivity contribution < 1.29 is 47.6 Å². The van der Waals surface area contributed by atoms with Crippen molar-refractivity contribution in [3.8, 4) is 5.75 Å². The van der Waals surface area contributed by atoms with Crippen LogP contribution < -0.4 is 4.74 Å². The van der Waals surface area contributed by atoms with Gasteiger partial charge >= 0.3 is 23.9 Å². The largest absolute Gasteiger partial charge is 0.496 e. The molecule has 1 saturated heterocycles. The second-order valence-corrected chi connectivity index (χ2v) is 7.64. The molecule has 1 heterocycles. The van der Waals surface area contributed by atoms with E-state index in [9.17, 15) is 19.2 Å². The molecule has 33 heavy (non-hydrogen) atoms. The third-order valence-corrected chi connectivity index (χ3v) is 5.12. The first-order valence-corrected chi connectivity index (χ1v) is 10.5. The van der Waals surface area contributed by atoms with Crippen molar-refractivity contribution in [2.75, 3.05) is 14.2 Å². The van der Waals surface area contributed by atoms with E-state index in [4.69, 9.17) is 28.4 Å². The molecule has 2 rings (SSSR count). The second kappa shape index (κ2) is 11.6. The van der Waals surface area contributed by atoms with Gasteiger partial charge < -0.3 is 28.4 Å². The summed E-state index contributed by atoms with van der Waals surface area (Å²) < 4.78 is 32.7. The Morgan fingerprint density at radius 1 is 0.879 bits per heavy atom. The zero-order chi connectivity index (χ0) is 24.7. The molecule has 1 aromatic rings. The highest BCUT2D eigenvalue weighted by atomic mass is 16.6. The van der Waals surface area contributed by atoms with Gasteiger partial charge in [0.05, 0.1) is 20.3 Å². The normalized spacial score (nSPS) is 24.4. The number of methoxy groups -OCH3 is 2. The number of rotatable bonds is 8. The van der Waals surface area contributed by atoms with Crippen molar-refractivity contribution in [2.24, 2.45) is 0 Å². The van der Waals surface area contributed by atoms with Crippen molar-refractivity contribution in [3.63, 3.8) is 0 Å². The summed E-state index contributed by atoms with van der Waals surface area (Å²) in [6.07, 6.45) is -4.30. The van der Waals surface area contributed by atoms with E-state index < -0.39 is 48.4 Å². The maximum Gasteiger partial charge on any atom is 0.305 e. The van der Waals surface area contributed by atoms with Crippen molar-refractivity contribution in [2.45, 2.75) is 71.1 Å². The first-order chi connectivity index (χ1) is 15.6. The molecule has 0 bridgehead atoms. The quantitative estimate of drug-likeness (QED) is 0.415. The smallest absolute Gasteiger partial charge is 0.305 e. The number of aryl methyl sites for hydroxylation is 1. The lowest BCUT2D eigenvalue weighted by Crippen LogP contribution is -2.57. The molecule has 10 nitrogen and oxygen atoms in total. The molecule has 5 atom stereocenters. The molecule has 0 unspecified atom stereocenters. The number of benzene rings is 1. The van der Waals surface area contributed by atoms with E-state index in [1.54, 1.807) is 25.1 Å². The SMILES string of the molecule is COC(=O)CCc1ccc(OC)c([C@H]2O[C@@H](C)[C@@H](OC(C)=O)[C@@H](OC(C)=O)[C@@H]2OC(C)=O)c1. The third kappa shape index (κ3) is 6.92. The average molecular weight is 466 g/mol. The van der Waals surface area contributed by atoms with Crippen LogP contribution in [-0.4, -0.2) is 62.5 Å². The Hall–Kier alpha value is -3.14. The van der Waals surface area contributed by atoms with Crippen LogP contribution in [0.5, 0.6) is 5.75 Å². The van der Waals surface area contributed by atoms with Gasteiger partial charge in [-0.25, -0.2) is 0 Å². The second-order valence-electron chi connectivity index (χ2n) is 7.64. The van der Waals surface area contributed by atoms with Crippen LogP contribution in [-0.2, 0) is 49.3 Å². The summed E-state index contributed by atoms with van der Waals surface area (Å²) >= 11 is 0. The molecule has 1 aliphatic rings. The maximum atomic E-state index is 12.0. The summed E-state index contributed by atoms with van der Waals surface area (Å²) in [6, 6.07) is 5.27. The van der Waals surface area contributed by atoms with Crippen molar-refractivity contribution in [1.29, 1.82) is 0 Å². The molecule has 0 aromatic heterocycles. The molecular formula is C23H30O10. The van der Waals surface area contributed by atoms with E-state index in [1.165, 1.54) is 35.0 Å². The molecule has 182 valence electrons. The summed E-state index contributed by atoms with van der Waals surface area (Å²) in [7, 11) is 2.79. The van der Waals surface area contributed by atoms with E-state index in [1.807, 2.05) is 0 Å². The van der Waals surface area contributed by atoms with Gasteiger partial charge in [0.2, 0.25) is 0 Å². The topological polar surface area (TPSA) is 124 Å². The molecule has 0 amide bonds. The van der Waals surface area contributed by atoms with Gasteiger partial charge in [-0.05, 0) is 31.0 Å². The maximum absolute atomic E-state index is 12.0. The van der Waals surface area contributed by atoms with E-state index in [0.29, 0.717) is 17.7 Å². The van der Waals surface area contributed by atoms with Crippen LogP contribution in [0.4, 0.5) is 0 Å². The minimum absolute atomic E-state index is 0.169. The lowest BCUT2D eigenvalue weighted by atomic mass is 9.89. The molecule has 0 spiro atoms. The fraction of sp³-hybridized carbons (Fsp3) is 0.565. The van der Waals surface area contributed by atoms with Gasteiger partial charge in [0.1, 0.15) is 11.9 Å². The van der Waals surface area contributed by atoms with Gasteiger partial charge in [-0.3, -0.25) is 19.2 Å². The minimum atomic E-state index is -1.13. The van der Waals surface area contributed by atoms with Gasteiger partial charge in [0, 0.05) is 32.8 Å². The Morgan fingerprint density at radius 2 is 1.45 bits per heavy atom. The number of carbonyl (C=O) groups is 4. The van der Waals surface area contributed by atoms with Crippen LogP contribution in [0.25, 0.3) is 0 Å². The van der Waals surface area contributed by atoms with Crippen molar-refractivity contribution in [3.05, 3.63) is 29.3 Å². The number of carbonyl (C=O) groups excluding carboxylic acids is 4. The number of hydrogen-bond donors (Lipinski definition) is 0. The third-order valence-electron chi connectivity index (χ3n) is 5.12. The van der Waals surface area contributed by atoms with Crippen LogP contribution in [0.3, 0.4) is 0 Å². The number of hydrogen-bond acceptors (Lipinski definition) is 10. The number of esters is 4. The highest BCUT2D eigenvalue weighted by Crippen LogP contribution is 2.41. The fourth-order valence-corrected chi connectivity index (χ4v) is 3.77. The summed E-state index contributed by atoms with van der Waals surface area (Å²) in [4.78, 5) is 47.1. The average Bonchev–Trinajstić information content (AvgIpc) is 2.75. The Balaban J connectivity index is 2.52. The van der Waals surface area contributed by atoms with Crippen LogP contribution >= 0.6 is 0 Å². The minimum Gasteiger partial charge on any atom is -0.496 e. The Bertz CT molecular complexity index is 880. The molecule has 0 radical (unpaired) electrons. The van der Waals surface area contributed by atoms with Gasteiger partial charge in [-0.15, -0.1) is 0 Å². The van der Waals surface area contributed by atoms with Gasteiger partial charge in [-0.1, -0.05) is 6.07 Å². The van der Waals surface area contributed by atoms with Crippen molar-refractivity contribution in [1.82, 2.24) is 0 Å². The predicted octanol–water partition coefficient (Wildman–Crippen LogP) is 2.06. The van der Waals surface area contributed by atoms with Crippen LogP contribution in [0.2, 0.25) is 0 Å². The van der Waals surface area contributed by atoms with E-state index in [0.717, 1.165) is 5.56 Å². The van der Waals surface area contributed by atoms with Gasteiger partial charge in [-0.2, -0.15) is 0 Å². The number of ether oxygens (including phenoxy) is 6. The fourth-order valence-electron chi connectivity index (χ4n) is 3.77. The van der Waals surface area contributed by atoms with E-state index >= 15 is 0 Å². The summed E-state index contributed by atoms with van der Waals surface area (Å²) in [6.45, 7) is 5.30. The van der Waals surface area contributed by atoms with Crippen LogP contribution in [0.15, 0.2) is 18.2 Å². The highest BCUT2D eigenvalue weighted by molar-refractivity contribution is 5.70. The summed E-state index contributed by atoms with van der Waals surface area (Å²) in [5.74, 6) is -1.79. The Kier molecular flexibility index (Phi) is 9.22. The monoisotopic (exact) mass is 466 g/mol. The van der Waals surface area contributed by atoms with Crippen LogP contribution in [0.1, 0.15) is 51.3 Å². The molecule has 1 aromatic carbocycles. The predicted molar refractivity (Wildman–Crippen MR) is 113 cm³/mol. The zero-order valence-electron chi connectivity index (χ0n) is 19.6. The standard InChI is InChI=1S/C23H30O10/c1-12-20(31-13(2)24)22(32-14(3)25)23(33-15(4)26)21(30-12)17-11-16(7-9-18(17)28-5)8-10-19(27)29-6/h7,9,11-12,20-23H,8,10H2,1-6H3/t12-,20+,21+,22+,23+/m0/s1. The first kappa shape index (κ1) is 26.1. The lowest BCUT2D eigenvalue weighted by molar-refractivity contribution is -0.245. The molecule has 0 saturated carbocycles. The van der Waals surface area contributed by atoms with Crippen LogP contribution in [0, 0.1) is 0 Å². The van der Waals surface area contributed by atoms with Crippen molar-refractivity contribution >= 4 is 23.9 Å². The molecule has 1 fully saturated rings. The molecular weight excluding hydrogens is 436 g/mol. The molecule has 0 aliphatic carbocycles.